The van der Waals surface area contributed by atoms with E-state index in [0.717, 1.165) is 19.3 Å². The molecule has 1 heterocycles. The van der Waals surface area contributed by atoms with Crippen molar-refractivity contribution in [3.05, 3.63) is 0 Å². The largest absolute Gasteiger partial charge is 0.353 e. The van der Waals surface area contributed by atoms with Gasteiger partial charge in [-0.2, -0.15) is 0 Å². The highest BCUT2D eigenvalue weighted by atomic mass is 16.2. The molecule has 0 radical (unpaired) electrons. The molecule has 0 aromatic rings. The number of nitrogens with two attached hydrogens (primary N) is 1. The highest BCUT2D eigenvalue weighted by Gasteiger charge is 2.36. The SMILES string of the molecule is CC(C)C1C(=O)NCCN1C(=O)C[C@@H]1CCC[C@H]1N. The minimum Gasteiger partial charge on any atom is -0.353 e. The van der Waals surface area contributed by atoms with Gasteiger partial charge in [0.15, 0.2) is 0 Å². The fourth-order valence-corrected chi connectivity index (χ4v) is 3.29. The molecule has 2 amide bonds. The van der Waals surface area contributed by atoms with E-state index in [1.54, 1.807) is 4.90 Å². The first-order chi connectivity index (χ1) is 9.00. The summed E-state index contributed by atoms with van der Waals surface area (Å²) >= 11 is 0. The Morgan fingerprint density at radius 3 is 2.79 bits per heavy atom. The molecule has 1 saturated carbocycles. The first-order valence-electron chi connectivity index (χ1n) is 7.33. The van der Waals surface area contributed by atoms with Crippen LogP contribution in [0.5, 0.6) is 0 Å². The minimum atomic E-state index is -0.320. The number of nitrogens with zero attached hydrogens (tertiary/aromatic N) is 1. The highest BCUT2D eigenvalue weighted by molar-refractivity contribution is 5.89. The van der Waals surface area contributed by atoms with Crippen LogP contribution in [0.1, 0.15) is 39.5 Å². The molecule has 108 valence electrons. The van der Waals surface area contributed by atoms with Crippen molar-refractivity contribution < 1.29 is 9.59 Å². The Morgan fingerprint density at radius 1 is 1.47 bits per heavy atom. The monoisotopic (exact) mass is 267 g/mol. The maximum Gasteiger partial charge on any atom is 0.243 e. The van der Waals surface area contributed by atoms with E-state index in [1.807, 2.05) is 13.8 Å². The minimum absolute atomic E-state index is 0.0229. The number of carbonyl (C=O) groups is 2. The lowest BCUT2D eigenvalue weighted by Crippen LogP contribution is -2.59. The van der Waals surface area contributed by atoms with E-state index in [0.29, 0.717) is 25.4 Å². The number of hydrogen-bond acceptors (Lipinski definition) is 3. The Hall–Kier alpha value is -1.10. The first kappa shape index (κ1) is 14.3. The molecule has 3 N–H and O–H groups in total. The summed E-state index contributed by atoms with van der Waals surface area (Å²) in [6.45, 7) is 5.15. The number of nitrogens with one attached hydrogen (secondary N) is 1. The van der Waals surface area contributed by atoms with Gasteiger partial charge in [-0.1, -0.05) is 20.3 Å². The highest BCUT2D eigenvalue weighted by Crippen LogP contribution is 2.28. The second kappa shape index (κ2) is 5.90. The van der Waals surface area contributed by atoms with Crippen molar-refractivity contribution >= 4 is 11.8 Å². The summed E-state index contributed by atoms with van der Waals surface area (Å²) in [7, 11) is 0. The lowest BCUT2D eigenvalue weighted by Gasteiger charge is -2.38. The van der Waals surface area contributed by atoms with Crippen LogP contribution in [-0.2, 0) is 9.59 Å². The second-order valence-corrected chi connectivity index (χ2v) is 6.13. The molecule has 1 aliphatic heterocycles. The number of piperazine rings is 1. The summed E-state index contributed by atoms with van der Waals surface area (Å²) in [5.41, 5.74) is 6.03. The molecule has 2 aliphatic rings. The van der Waals surface area contributed by atoms with Gasteiger partial charge in [-0.15, -0.1) is 0 Å². The number of carbonyl (C=O) groups excluding carboxylic acids is 2. The summed E-state index contributed by atoms with van der Waals surface area (Å²) in [5, 5.41) is 2.84. The van der Waals surface area contributed by atoms with Crippen LogP contribution in [0.4, 0.5) is 0 Å². The van der Waals surface area contributed by atoms with Gasteiger partial charge in [-0.3, -0.25) is 9.59 Å². The molecule has 2 rings (SSSR count). The van der Waals surface area contributed by atoms with Gasteiger partial charge in [0.05, 0.1) is 0 Å². The van der Waals surface area contributed by atoms with Gasteiger partial charge in [-0.25, -0.2) is 0 Å². The van der Waals surface area contributed by atoms with Gasteiger partial charge in [0, 0.05) is 25.6 Å². The van der Waals surface area contributed by atoms with E-state index in [1.165, 1.54) is 0 Å². The molecule has 0 aromatic carbocycles. The Balaban J connectivity index is 2.01. The van der Waals surface area contributed by atoms with E-state index < -0.39 is 0 Å². The Bertz CT molecular complexity index is 357. The second-order valence-electron chi connectivity index (χ2n) is 6.13. The van der Waals surface area contributed by atoms with Crippen LogP contribution in [0, 0.1) is 11.8 Å². The zero-order chi connectivity index (χ0) is 14.0. The maximum atomic E-state index is 12.5. The number of amides is 2. The average Bonchev–Trinajstić information content (AvgIpc) is 2.74. The molecule has 5 heteroatoms. The lowest BCUT2D eigenvalue weighted by atomic mass is 9.95. The van der Waals surface area contributed by atoms with Crippen LogP contribution in [0.15, 0.2) is 0 Å². The van der Waals surface area contributed by atoms with Gasteiger partial charge < -0.3 is 16.0 Å². The third kappa shape index (κ3) is 3.08. The summed E-state index contributed by atoms with van der Waals surface area (Å²) in [6, 6.07) is -0.168. The molecule has 5 nitrogen and oxygen atoms in total. The van der Waals surface area contributed by atoms with Crippen molar-refractivity contribution in [1.29, 1.82) is 0 Å². The zero-order valence-corrected chi connectivity index (χ0v) is 11.9. The quantitative estimate of drug-likeness (QED) is 0.781. The Kier molecular flexibility index (Phi) is 4.45. The third-order valence-electron chi connectivity index (χ3n) is 4.36. The summed E-state index contributed by atoms with van der Waals surface area (Å²) < 4.78 is 0. The zero-order valence-electron chi connectivity index (χ0n) is 11.9. The number of rotatable bonds is 3. The molecule has 19 heavy (non-hydrogen) atoms. The maximum absolute atomic E-state index is 12.5. The van der Waals surface area contributed by atoms with Gasteiger partial charge in [0.25, 0.3) is 0 Å². The van der Waals surface area contributed by atoms with Crippen molar-refractivity contribution in [2.75, 3.05) is 13.1 Å². The summed E-state index contributed by atoms with van der Waals surface area (Å²) in [6.07, 6.45) is 3.68. The van der Waals surface area contributed by atoms with E-state index in [9.17, 15) is 9.59 Å². The molecule has 1 saturated heterocycles. The van der Waals surface area contributed by atoms with Crippen LogP contribution in [-0.4, -0.2) is 41.9 Å². The Morgan fingerprint density at radius 2 is 2.21 bits per heavy atom. The number of hydrogen-bond donors (Lipinski definition) is 2. The average molecular weight is 267 g/mol. The topological polar surface area (TPSA) is 75.4 Å². The van der Waals surface area contributed by atoms with Gasteiger partial charge in [-0.05, 0) is 24.7 Å². The van der Waals surface area contributed by atoms with Crippen LogP contribution in [0.2, 0.25) is 0 Å². The van der Waals surface area contributed by atoms with Crippen molar-refractivity contribution in [2.45, 2.75) is 51.6 Å². The van der Waals surface area contributed by atoms with Crippen LogP contribution >= 0.6 is 0 Å². The molecule has 1 unspecified atom stereocenters. The van der Waals surface area contributed by atoms with Crippen LogP contribution in [0.25, 0.3) is 0 Å². The van der Waals surface area contributed by atoms with Crippen molar-refractivity contribution in [1.82, 2.24) is 10.2 Å². The molecular formula is C14H25N3O2. The summed E-state index contributed by atoms with van der Waals surface area (Å²) in [4.78, 5) is 26.1. The van der Waals surface area contributed by atoms with E-state index in [2.05, 4.69) is 5.32 Å². The van der Waals surface area contributed by atoms with Crippen LogP contribution in [0.3, 0.4) is 0 Å². The standard InChI is InChI=1S/C14H25N3O2/c1-9(2)13-14(19)16-6-7-17(13)12(18)8-10-4-3-5-11(10)15/h9-11,13H,3-8,15H2,1-2H3,(H,16,19)/t10-,11+,13?/m0/s1. The van der Waals surface area contributed by atoms with Gasteiger partial charge in [0.1, 0.15) is 6.04 Å². The molecule has 3 atom stereocenters. The normalized spacial score (nSPS) is 31.7. The van der Waals surface area contributed by atoms with Crippen molar-refractivity contribution in [2.24, 2.45) is 17.6 Å². The fraction of sp³-hybridized carbons (Fsp3) is 0.857. The predicted octanol–water partition coefficient (Wildman–Crippen LogP) is 0.487. The first-order valence-corrected chi connectivity index (χ1v) is 7.33. The smallest absolute Gasteiger partial charge is 0.243 e. The predicted molar refractivity (Wildman–Crippen MR) is 73.3 cm³/mol. The Labute approximate surface area is 114 Å². The van der Waals surface area contributed by atoms with Gasteiger partial charge >= 0.3 is 0 Å². The fourth-order valence-electron chi connectivity index (χ4n) is 3.29. The van der Waals surface area contributed by atoms with Gasteiger partial charge in [0.2, 0.25) is 11.8 Å². The molecule has 0 aromatic heterocycles. The van der Waals surface area contributed by atoms with Crippen LogP contribution < -0.4 is 11.1 Å². The molecule has 1 aliphatic carbocycles. The summed E-state index contributed by atoms with van der Waals surface area (Å²) in [5.74, 6) is 0.507. The third-order valence-corrected chi connectivity index (χ3v) is 4.36. The molecule has 0 bridgehead atoms. The lowest BCUT2D eigenvalue weighted by molar-refractivity contribution is -0.145. The molecular weight excluding hydrogens is 242 g/mol. The molecule has 0 spiro atoms. The molecule has 2 fully saturated rings. The van der Waals surface area contributed by atoms with E-state index in [4.69, 9.17) is 5.73 Å². The van der Waals surface area contributed by atoms with Crippen molar-refractivity contribution in [3.63, 3.8) is 0 Å². The van der Waals surface area contributed by atoms with E-state index >= 15 is 0 Å². The van der Waals surface area contributed by atoms with E-state index in [-0.39, 0.29) is 29.8 Å². The van der Waals surface area contributed by atoms with Crippen molar-refractivity contribution in [3.8, 4) is 0 Å².